The maximum atomic E-state index is 12.4. The van der Waals surface area contributed by atoms with E-state index in [0.29, 0.717) is 17.1 Å². The molecule has 22 heavy (non-hydrogen) atoms. The maximum absolute atomic E-state index is 12.4. The van der Waals surface area contributed by atoms with Crippen LogP contribution in [-0.2, 0) is 4.79 Å². The fourth-order valence-corrected chi connectivity index (χ4v) is 2.11. The lowest BCUT2D eigenvalue weighted by Crippen LogP contribution is -2.31. The van der Waals surface area contributed by atoms with Gasteiger partial charge in [0.2, 0.25) is 0 Å². The number of benzene rings is 1. The van der Waals surface area contributed by atoms with Crippen molar-refractivity contribution < 1.29 is 19.1 Å². The molecular weight excluding hydrogens is 282 g/mol. The van der Waals surface area contributed by atoms with Crippen molar-refractivity contribution in [2.24, 2.45) is 5.92 Å². The first kappa shape index (κ1) is 15.8. The number of hydrogen-bond acceptors (Lipinski definition) is 3. The molecule has 0 saturated carbocycles. The van der Waals surface area contributed by atoms with Crippen LogP contribution in [0.15, 0.2) is 34.7 Å². The fraction of sp³-hybridized carbons (Fsp3) is 0.294. The second kappa shape index (κ2) is 6.47. The number of carboxylic acid groups (broad SMARTS) is 1. The van der Waals surface area contributed by atoms with Gasteiger partial charge in [0, 0.05) is 17.7 Å². The molecule has 0 aliphatic heterocycles. The number of aliphatic carboxylic acids is 1. The first-order valence-electron chi connectivity index (χ1n) is 7.08. The number of hydrogen-bond donors (Lipinski definition) is 2. The van der Waals surface area contributed by atoms with Gasteiger partial charge in [0.05, 0.1) is 11.5 Å². The van der Waals surface area contributed by atoms with Crippen LogP contribution in [0.2, 0.25) is 0 Å². The molecule has 1 aromatic heterocycles. The van der Waals surface area contributed by atoms with E-state index >= 15 is 0 Å². The van der Waals surface area contributed by atoms with Gasteiger partial charge >= 0.3 is 5.97 Å². The molecule has 1 atom stereocenters. The zero-order valence-electron chi connectivity index (χ0n) is 12.8. The van der Waals surface area contributed by atoms with Crippen molar-refractivity contribution >= 4 is 11.9 Å². The van der Waals surface area contributed by atoms with E-state index in [0.717, 1.165) is 11.1 Å². The second-order valence-electron chi connectivity index (χ2n) is 5.30. The van der Waals surface area contributed by atoms with Crippen molar-refractivity contribution in [3.05, 3.63) is 47.2 Å². The summed E-state index contributed by atoms with van der Waals surface area (Å²) in [6.45, 7) is 5.25. The summed E-state index contributed by atoms with van der Waals surface area (Å²) in [6, 6.07) is 9.37. The first-order chi connectivity index (χ1) is 10.4. The van der Waals surface area contributed by atoms with Gasteiger partial charge in [-0.2, -0.15) is 0 Å². The Kier molecular flexibility index (Phi) is 4.65. The van der Waals surface area contributed by atoms with Crippen molar-refractivity contribution in [1.82, 2.24) is 5.32 Å². The Hall–Kier alpha value is -2.56. The number of carbonyl (C=O) groups is 2. The molecule has 0 fully saturated rings. The summed E-state index contributed by atoms with van der Waals surface area (Å²) in [5.74, 6) is -0.714. The van der Waals surface area contributed by atoms with Crippen LogP contribution in [0.3, 0.4) is 0 Å². The molecule has 116 valence electrons. The van der Waals surface area contributed by atoms with Gasteiger partial charge in [-0.05, 0) is 13.8 Å². The van der Waals surface area contributed by atoms with Crippen molar-refractivity contribution in [2.45, 2.75) is 20.8 Å². The van der Waals surface area contributed by atoms with Gasteiger partial charge in [0.15, 0.2) is 0 Å². The summed E-state index contributed by atoms with van der Waals surface area (Å²) in [5, 5.41) is 11.6. The standard InChI is InChI=1S/C17H19NO4/c1-10(17(20)21)9-18-16(19)14-11(2)12(3)22-15(14)13-7-5-4-6-8-13/h4-8,10H,9H2,1-3H3,(H,18,19)(H,20,21). The van der Waals surface area contributed by atoms with Crippen molar-refractivity contribution in [2.75, 3.05) is 6.54 Å². The molecule has 1 heterocycles. The Morgan fingerprint density at radius 1 is 1.23 bits per heavy atom. The molecule has 5 heteroatoms. The number of rotatable bonds is 5. The van der Waals surface area contributed by atoms with E-state index in [9.17, 15) is 9.59 Å². The Bertz CT molecular complexity index is 688. The highest BCUT2D eigenvalue weighted by Gasteiger charge is 2.23. The largest absolute Gasteiger partial charge is 0.481 e. The average molecular weight is 301 g/mol. The summed E-state index contributed by atoms with van der Waals surface area (Å²) < 4.78 is 5.73. The molecule has 1 unspecified atom stereocenters. The lowest BCUT2D eigenvalue weighted by molar-refractivity contribution is -0.140. The molecule has 0 saturated heterocycles. The molecular formula is C17H19NO4. The van der Waals surface area contributed by atoms with Crippen LogP contribution in [0.4, 0.5) is 0 Å². The van der Waals surface area contributed by atoms with E-state index in [1.165, 1.54) is 0 Å². The van der Waals surface area contributed by atoms with Crippen molar-refractivity contribution in [3.8, 4) is 11.3 Å². The Morgan fingerprint density at radius 2 is 1.86 bits per heavy atom. The van der Waals surface area contributed by atoms with E-state index in [1.54, 1.807) is 13.8 Å². The Balaban J connectivity index is 2.30. The second-order valence-corrected chi connectivity index (χ2v) is 5.30. The van der Waals surface area contributed by atoms with Crippen LogP contribution in [0.5, 0.6) is 0 Å². The van der Waals surface area contributed by atoms with Crippen molar-refractivity contribution in [1.29, 1.82) is 0 Å². The molecule has 0 spiro atoms. The zero-order valence-corrected chi connectivity index (χ0v) is 12.8. The highest BCUT2D eigenvalue weighted by molar-refractivity contribution is 6.01. The summed E-state index contributed by atoms with van der Waals surface area (Å²) in [7, 11) is 0. The lowest BCUT2D eigenvalue weighted by atomic mass is 10.0. The summed E-state index contributed by atoms with van der Waals surface area (Å²) in [4.78, 5) is 23.3. The molecule has 0 radical (unpaired) electrons. The van der Waals surface area contributed by atoms with E-state index in [2.05, 4.69) is 5.32 Å². The molecule has 2 N–H and O–H groups in total. The molecule has 2 aromatic rings. The number of furan rings is 1. The zero-order chi connectivity index (χ0) is 16.3. The van der Waals surface area contributed by atoms with Crippen LogP contribution >= 0.6 is 0 Å². The van der Waals surface area contributed by atoms with Gasteiger partial charge in [0.1, 0.15) is 11.5 Å². The molecule has 5 nitrogen and oxygen atoms in total. The van der Waals surface area contributed by atoms with Gasteiger partial charge < -0.3 is 14.8 Å². The van der Waals surface area contributed by atoms with Gasteiger partial charge in [0.25, 0.3) is 5.91 Å². The van der Waals surface area contributed by atoms with Crippen molar-refractivity contribution in [3.63, 3.8) is 0 Å². The minimum absolute atomic E-state index is 0.0755. The summed E-state index contributed by atoms with van der Waals surface area (Å²) >= 11 is 0. The third-order valence-electron chi connectivity index (χ3n) is 3.64. The molecule has 0 aliphatic carbocycles. The molecule has 1 aromatic carbocycles. The minimum atomic E-state index is -0.941. The fourth-order valence-electron chi connectivity index (χ4n) is 2.11. The van der Waals surface area contributed by atoms with Crippen LogP contribution < -0.4 is 5.32 Å². The Labute approximate surface area is 129 Å². The van der Waals surface area contributed by atoms with E-state index in [-0.39, 0.29) is 12.5 Å². The smallest absolute Gasteiger partial charge is 0.308 e. The molecule has 0 bridgehead atoms. The van der Waals surface area contributed by atoms with Gasteiger partial charge in [-0.3, -0.25) is 9.59 Å². The monoisotopic (exact) mass is 301 g/mol. The van der Waals surface area contributed by atoms with Crippen LogP contribution in [0, 0.1) is 19.8 Å². The van der Waals surface area contributed by atoms with Gasteiger partial charge in [-0.15, -0.1) is 0 Å². The predicted octanol–water partition coefficient (Wildman–Crippen LogP) is 3.01. The predicted molar refractivity (Wildman–Crippen MR) is 82.8 cm³/mol. The number of aryl methyl sites for hydroxylation is 1. The summed E-state index contributed by atoms with van der Waals surface area (Å²) in [6.07, 6.45) is 0. The Morgan fingerprint density at radius 3 is 2.45 bits per heavy atom. The number of amides is 1. The number of carboxylic acids is 1. The third kappa shape index (κ3) is 3.19. The lowest BCUT2D eigenvalue weighted by Gasteiger charge is -2.09. The first-order valence-corrected chi connectivity index (χ1v) is 7.08. The topological polar surface area (TPSA) is 79.5 Å². The third-order valence-corrected chi connectivity index (χ3v) is 3.64. The normalized spacial score (nSPS) is 12.0. The number of nitrogens with one attached hydrogen (secondary N) is 1. The quantitative estimate of drug-likeness (QED) is 0.889. The van der Waals surface area contributed by atoms with Gasteiger partial charge in [-0.25, -0.2) is 0 Å². The molecule has 2 rings (SSSR count). The summed E-state index contributed by atoms with van der Waals surface area (Å²) in [5.41, 5.74) is 2.04. The highest BCUT2D eigenvalue weighted by atomic mass is 16.4. The SMILES string of the molecule is Cc1oc(-c2ccccc2)c(C(=O)NCC(C)C(=O)O)c1C. The van der Waals surface area contributed by atoms with Crippen LogP contribution in [0.1, 0.15) is 28.6 Å². The molecule has 1 amide bonds. The highest BCUT2D eigenvalue weighted by Crippen LogP contribution is 2.30. The molecule has 0 aliphatic rings. The van der Waals surface area contributed by atoms with Crippen LogP contribution in [-0.4, -0.2) is 23.5 Å². The number of carbonyl (C=O) groups excluding carboxylic acids is 1. The van der Waals surface area contributed by atoms with E-state index in [4.69, 9.17) is 9.52 Å². The minimum Gasteiger partial charge on any atom is -0.481 e. The van der Waals surface area contributed by atoms with E-state index in [1.807, 2.05) is 37.3 Å². The average Bonchev–Trinajstić information content (AvgIpc) is 2.81. The van der Waals surface area contributed by atoms with Gasteiger partial charge in [-0.1, -0.05) is 37.3 Å². The van der Waals surface area contributed by atoms with Crippen LogP contribution in [0.25, 0.3) is 11.3 Å². The maximum Gasteiger partial charge on any atom is 0.308 e. The van der Waals surface area contributed by atoms with E-state index < -0.39 is 11.9 Å².